The Morgan fingerprint density at radius 1 is 1.20 bits per heavy atom. The molecule has 1 aliphatic carbocycles. The summed E-state index contributed by atoms with van der Waals surface area (Å²) in [6.07, 6.45) is 5.87. The lowest BCUT2D eigenvalue weighted by Gasteiger charge is -2.39. The van der Waals surface area contributed by atoms with Crippen LogP contribution >= 0.6 is 0 Å². The standard InChI is InChI=1S/C13H26N2/c1-11-5-3-4-6-13(11)10-15-8-7-14-9-12(15)2/h11-14H,3-10H2,1-2H3/t11?,12-,13?/m1/s1. The number of piperazine rings is 1. The van der Waals surface area contributed by atoms with Gasteiger partial charge in [0.15, 0.2) is 0 Å². The molecule has 3 atom stereocenters. The average Bonchev–Trinajstić information content (AvgIpc) is 2.24. The highest BCUT2D eigenvalue weighted by Crippen LogP contribution is 2.30. The Hall–Kier alpha value is -0.0800. The van der Waals surface area contributed by atoms with E-state index in [1.165, 1.54) is 51.9 Å². The van der Waals surface area contributed by atoms with Gasteiger partial charge >= 0.3 is 0 Å². The van der Waals surface area contributed by atoms with Crippen LogP contribution in [0.15, 0.2) is 0 Å². The highest BCUT2D eigenvalue weighted by molar-refractivity contribution is 4.81. The maximum atomic E-state index is 3.47. The molecule has 15 heavy (non-hydrogen) atoms. The fourth-order valence-corrected chi connectivity index (χ4v) is 3.12. The number of hydrogen-bond acceptors (Lipinski definition) is 2. The van der Waals surface area contributed by atoms with Gasteiger partial charge in [0.2, 0.25) is 0 Å². The van der Waals surface area contributed by atoms with Crippen molar-refractivity contribution in [3.05, 3.63) is 0 Å². The Balaban J connectivity index is 1.83. The normalized spacial score (nSPS) is 39.2. The van der Waals surface area contributed by atoms with Crippen LogP contribution < -0.4 is 5.32 Å². The molecular formula is C13H26N2. The van der Waals surface area contributed by atoms with Gasteiger partial charge in [0, 0.05) is 32.2 Å². The number of rotatable bonds is 2. The van der Waals surface area contributed by atoms with Crippen LogP contribution in [0.25, 0.3) is 0 Å². The molecule has 2 nitrogen and oxygen atoms in total. The lowest BCUT2D eigenvalue weighted by Crippen LogP contribution is -2.51. The van der Waals surface area contributed by atoms with E-state index in [1.54, 1.807) is 0 Å². The molecule has 2 fully saturated rings. The van der Waals surface area contributed by atoms with Gasteiger partial charge in [-0.15, -0.1) is 0 Å². The summed E-state index contributed by atoms with van der Waals surface area (Å²) in [5.41, 5.74) is 0. The zero-order valence-corrected chi connectivity index (χ0v) is 10.3. The predicted octanol–water partition coefficient (Wildman–Crippen LogP) is 2.11. The highest BCUT2D eigenvalue weighted by Gasteiger charge is 2.26. The molecule has 0 aromatic rings. The smallest absolute Gasteiger partial charge is 0.0193 e. The first-order chi connectivity index (χ1) is 7.27. The molecule has 1 saturated carbocycles. The molecular weight excluding hydrogens is 184 g/mol. The molecule has 0 amide bonds. The molecule has 2 rings (SSSR count). The Morgan fingerprint density at radius 2 is 2.00 bits per heavy atom. The van der Waals surface area contributed by atoms with Crippen molar-refractivity contribution >= 4 is 0 Å². The molecule has 2 aliphatic rings. The Labute approximate surface area is 94.4 Å². The van der Waals surface area contributed by atoms with Crippen LogP contribution in [-0.2, 0) is 0 Å². The first kappa shape index (κ1) is 11.4. The SMILES string of the molecule is CC1CCCCC1CN1CCNC[C@H]1C. The van der Waals surface area contributed by atoms with Gasteiger partial charge in [-0.25, -0.2) is 0 Å². The van der Waals surface area contributed by atoms with Gasteiger partial charge in [-0.2, -0.15) is 0 Å². The van der Waals surface area contributed by atoms with Crippen molar-refractivity contribution in [1.82, 2.24) is 10.2 Å². The van der Waals surface area contributed by atoms with Crippen molar-refractivity contribution in [1.29, 1.82) is 0 Å². The summed E-state index contributed by atoms with van der Waals surface area (Å²) in [6.45, 7) is 9.79. The minimum absolute atomic E-state index is 0.743. The van der Waals surface area contributed by atoms with Crippen molar-refractivity contribution in [2.45, 2.75) is 45.6 Å². The van der Waals surface area contributed by atoms with E-state index in [1.807, 2.05) is 0 Å². The molecule has 1 aliphatic heterocycles. The molecule has 0 bridgehead atoms. The van der Waals surface area contributed by atoms with E-state index in [2.05, 4.69) is 24.1 Å². The molecule has 2 unspecified atom stereocenters. The zero-order chi connectivity index (χ0) is 10.7. The van der Waals surface area contributed by atoms with Crippen LogP contribution in [0.1, 0.15) is 39.5 Å². The Morgan fingerprint density at radius 3 is 2.73 bits per heavy atom. The number of nitrogens with zero attached hydrogens (tertiary/aromatic N) is 1. The second kappa shape index (κ2) is 5.31. The average molecular weight is 210 g/mol. The lowest BCUT2D eigenvalue weighted by molar-refractivity contribution is 0.110. The van der Waals surface area contributed by atoms with Crippen LogP contribution in [-0.4, -0.2) is 37.1 Å². The predicted molar refractivity (Wildman–Crippen MR) is 65.0 cm³/mol. The van der Waals surface area contributed by atoms with Gasteiger partial charge in [-0.3, -0.25) is 4.90 Å². The third-order valence-electron chi connectivity index (χ3n) is 4.40. The number of hydrogen-bond donors (Lipinski definition) is 1. The highest BCUT2D eigenvalue weighted by atomic mass is 15.2. The fourth-order valence-electron chi connectivity index (χ4n) is 3.12. The van der Waals surface area contributed by atoms with Gasteiger partial charge in [-0.05, 0) is 25.2 Å². The second-order valence-corrected chi connectivity index (χ2v) is 5.57. The molecule has 0 aromatic carbocycles. The molecule has 88 valence electrons. The summed E-state index contributed by atoms with van der Waals surface area (Å²) >= 11 is 0. The fraction of sp³-hybridized carbons (Fsp3) is 1.00. The minimum atomic E-state index is 0.743. The van der Waals surface area contributed by atoms with Gasteiger partial charge in [0.25, 0.3) is 0 Å². The minimum Gasteiger partial charge on any atom is -0.314 e. The molecule has 2 heteroatoms. The quantitative estimate of drug-likeness (QED) is 0.751. The summed E-state index contributed by atoms with van der Waals surface area (Å²) in [7, 11) is 0. The summed E-state index contributed by atoms with van der Waals surface area (Å²) in [5, 5.41) is 3.47. The van der Waals surface area contributed by atoms with Crippen LogP contribution in [0.5, 0.6) is 0 Å². The Bertz CT molecular complexity index is 173. The van der Waals surface area contributed by atoms with E-state index in [0.29, 0.717) is 0 Å². The molecule has 1 heterocycles. The van der Waals surface area contributed by atoms with Crippen LogP contribution in [0.2, 0.25) is 0 Å². The molecule has 0 spiro atoms. The summed E-state index contributed by atoms with van der Waals surface area (Å²) < 4.78 is 0. The molecule has 1 saturated heterocycles. The van der Waals surface area contributed by atoms with Gasteiger partial charge in [0.1, 0.15) is 0 Å². The monoisotopic (exact) mass is 210 g/mol. The third kappa shape index (κ3) is 2.94. The first-order valence-corrected chi connectivity index (χ1v) is 6.72. The van der Waals surface area contributed by atoms with E-state index in [-0.39, 0.29) is 0 Å². The summed E-state index contributed by atoms with van der Waals surface area (Å²) in [5.74, 6) is 1.93. The third-order valence-corrected chi connectivity index (χ3v) is 4.40. The van der Waals surface area contributed by atoms with Crippen LogP contribution in [0.3, 0.4) is 0 Å². The van der Waals surface area contributed by atoms with E-state index in [0.717, 1.165) is 17.9 Å². The van der Waals surface area contributed by atoms with Crippen LogP contribution in [0, 0.1) is 11.8 Å². The van der Waals surface area contributed by atoms with Crippen molar-refractivity contribution < 1.29 is 0 Å². The Kier molecular flexibility index (Phi) is 4.04. The van der Waals surface area contributed by atoms with Gasteiger partial charge in [0.05, 0.1) is 0 Å². The summed E-state index contributed by atoms with van der Waals surface area (Å²) in [6, 6.07) is 0.743. The molecule has 0 aromatic heterocycles. The second-order valence-electron chi connectivity index (χ2n) is 5.57. The van der Waals surface area contributed by atoms with E-state index in [4.69, 9.17) is 0 Å². The maximum absolute atomic E-state index is 3.47. The van der Waals surface area contributed by atoms with Crippen molar-refractivity contribution in [3.63, 3.8) is 0 Å². The van der Waals surface area contributed by atoms with E-state index < -0.39 is 0 Å². The molecule has 0 radical (unpaired) electrons. The van der Waals surface area contributed by atoms with E-state index in [9.17, 15) is 0 Å². The largest absolute Gasteiger partial charge is 0.314 e. The topological polar surface area (TPSA) is 15.3 Å². The number of nitrogens with one attached hydrogen (secondary N) is 1. The zero-order valence-electron chi connectivity index (χ0n) is 10.3. The maximum Gasteiger partial charge on any atom is 0.0193 e. The van der Waals surface area contributed by atoms with Crippen molar-refractivity contribution in [2.24, 2.45) is 11.8 Å². The van der Waals surface area contributed by atoms with E-state index >= 15 is 0 Å². The lowest BCUT2D eigenvalue weighted by atomic mass is 9.80. The van der Waals surface area contributed by atoms with Crippen LogP contribution in [0.4, 0.5) is 0 Å². The van der Waals surface area contributed by atoms with Crippen molar-refractivity contribution in [2.75, 3.05) is 26.2 Å². The summed E-state index contributed by atoms with van der Waals surface area (Å²) in [4.78, 5) is 2.70. The first-order valence-electron chi connectivity index (χ1n) is 6.72. The van der Waals surface area contributed by atoms with Gasteiger partial charge in [-0.1, -0.05) is 26.2 Å². The van der Waals surface area contributed by atoms with Crippen molar-refractivity contribution in [3.8, 4) is 0 Å². The molecule has 1 N–H and O–H groups in total. The van der Waals surface area contributed by atoms with Gasteiger partial charge < -0.3 is 5.32 Å².